The fourth-order valence-corrected chi connectivity index (χ4v) is 2.52. The molecule has 0 saturated carbocycles. The highest BCUT2D eigenvalue weighted by Crippen LogP contribution is 2.13. The van der Waals surface area contributed by atoms with E-state index in [0.29, 0.717) is 6.04 Å². The van der Waals surface area contributed by atoms with Crippen LogP contribution in [0.15, 0.2) is 0 Å². The van der Waals surface area contributed by atoms with Gasteiger partial charge in [-0.2, -0.15) is 0 Å². The van der Waals surface area contributed by atoms with Gasteiger partial charge in [0.05, 0.1) is 0 Å². The van der Waals surface area contributed by atoms with Crippen molar-refractivity contribution in [2.75, 3.05) is 19.6 Å². The Balaban J connectivity index is 3.94. The van der Waals surface area contributed by atoms with Crippen molar-refractivity contribution in [3.63, 3.8) is 0 Å². The zero-order valence-corrected chi connectivity index (χ0v) is 13.6. The Labute approximate surface area is 121 Å². The van der Waals surface area contributed by atoms with E-state index in [2.05, 4.69) is 31.2 Å². The highest BCUT2D eigenvalue weighted by molar-refractivity contribution is 4.67. The first-order valence-electron chi connectivity index (χ1n) is 8.50. The van der Waals surface area contributed by atoms with E-state index in [0.717, 1.165) is 26.1 Å². The number of unbranched alkanes of at least 4 members (excludes halogenated alkanes) is 4. The van der Waals surface area contributed by atoms with Crippen LogP contribution in [0.2, 0.25) is 0 Å². The van der Waals surface area contributed by atoms with Crippen LogP contribution in [0, 0.1) is 0 Å². The van der Waals surface area contributed by atoms with Gasteiger partial charge in [-0.3, -0.25) is 5.43 Å². The molecule has 0 fully saturated rings. The molecule has 0 rings (SSSR count). The summed E-state index contributed by atoms with van der Waals surface area (Å²) in [6, 6.07) is 0.694. The third kappa shape index (κ3) is 10.3. The Morgan fingerprint density at radius 3 is 2.26 bits per heavy atom. The normalized spacial score (nSPS) is 13.1. The van der Waals surface area contributed by atoms with Crippen molar-refractivity contribution in [3.8, 4) is 0 Å². The lowest BCUT2D eigenvalue weighted by molar-refractivity contribution is 0.110. The SMILES string of the molecule is CCCCCCCC(CC)N(CCC)NCCCN. The summed E-state index contributed by atoms with van der Waals surface area (Å²) in [4.78, 5) is 0. The highest BCUT2D eigenvalue weighted by atomic mass is 15.5. The van der Waals surface area contributed by atoms with Gasteiger partial charge in [0, 0.05) is 19.1 Å². The number of hydrazine groups is 1. The molecule has 0 aromatic carbocycles. The van der Waals surface area contributed by atoms with Crippen molar-refractivity contribution >= 4 is 0 Å². The summed E-state index contributed by atoms with van der Waals surface area (Å²) in [5.74, 6) is 0. The van der Waals surface area contributed by atoms with Crippen molar-refractivity contribution in [1.29, 1.82) is 0 Å². The molecule has 0 bridgehead atoms. The van der Waals surface area contributed by atoms with E-state index >= 15 is 0 Å². The van der Waals surface area contributed by atoms with Crippen molar-refractivity contribution in [1.82, 2.24) is 10.4 Å². The molecule has 116 valence electrons. The molecular weight excluding hydrogens is 234 g/mol. The second-order valence-corrected chi connectivity index (χ2v) is 5.51. The van der Waals surface area contributed by atoms with Crippen LogP contribution in [0.4, 0.5) is 0 Å². The summed E-state index contributed by atoms with van der Waals surface area (Å²) >= 11 is 0. The minimum Gasteiger partial charge on any atom is -0.330 e. The first-order valence-corrected chi connectivity index (χ1v) is 8.50. The summed E-state index contributed by atoms with van der Waals surface area (Å²) in [6.45, 7) is 9.79. The maximum Gasteiger partial charge on any atom is 0.0240 e. The quantitative estimate of drug-likeness (QED) is 0.374. The number of hydrogen-bond acceptors (Lipinski definition) is 3. The fraction of sp³-hybridized carbons (Fsp3) is 1.00. The average Bonchev–Trinajstić information content (AvgIpc) is 2.42. The molecule has 0 spiro atoms. The van der Waals surface area contributed by atoms with Crippen LogP contribution in [0.25, 0.3) is 0 Å². The van der Waals surface area contributed by atoms with E-state index in [-0.39, 0.29) is 0 Å². The molecule has 3 nitrogen and oxygen atoms in total. The number of nitrogens with zero attached hydrogens (tertiary/aromatic N) is 1. The molecule has 0 heterocycles. The van der Waals surface area contributed by atoms with Gasteiger partial charge in [-0.05, 0) is 32.2 Å². The molecule has 0 amide bonds. The topological polar surface area (TPSA) is 41.3 Å². The van der Waals surface area contributed by atoms with Gasteiger partial charge in [0.25, 0.3) is 0 Å². The predicted octanol–water partition coefficient (Wildman–Crippen LogP) is 3.69. The van der Waals surface area contributed by atoms with Crippen molar-refractivity contribution in [2.45, 2.75) is 84.6 Å². The zero-order chi connectivity index (χ0) is 14.3. The van der Waals surface area contributed by atoms with Gasteiger partial charge >= 0.3 is 0 Å². The van der Waals surface area contributed by atoms with E-state index < -0.39 is 0 Å². The van der Waals surface area contributed by atoms with Crippen molar-refractivity contribution in [2.24, 2.45) is 5.73 Å². The first-order chi connectivity index (χ1) is 9.29. The molecule has 19 heavy (non-hydrogen) atoms. The van der Waals surface area contributed by atoms with Gasteiger partial charge in [0.15, 0.2) is 0 Å². The van der Waals surface area contributed by atoms with Gasteiger partial charge < -0.3 is 5.73 Å². The summed E-state index contributed by atoms with van der Waals surface area (Å²) < 4.78 is 0. The van der Waals surface area contributed by atoms with Crippen LogP contribution in [-0.2, 0) is 0 Å². The third-order valence-electron chi connectivity index (χ3n) is 3.71. The molecule has 0 aliphatic heterocycles. The maximum atomic E-state index is 5.57. The summed E-state index contributed by atoms with van der Waals surface area (Å²) in [7, 11) is 0. The molecule has 0 aromatic heterocycles. The Morgan fingerprint density at radius 2 is 1.68 bits per heavy atom. The van der Waals surface area contributed by atoms with Crippen LogP contribution in [0.3, 0.4) is 0 Å². The second kappa shape index (κ2) is 14.3. The summed E-state index contributed by atoms with van der Waals surface area (Å²) in [6.07, 6.45) is 11.7. The monoisotopic (exact) mass is 271 g/mol. The molecule has 0 aliphatic rings. The minimum absolute atomic E-state index is 0.694. The zero-order valence-electron chi connectivity index (χ0n) is 13.6. The number of nitrogens with one attached hydrogen (secondary N) is 1. The van der Waals surface area contributed by atoms with Crippen molar-refractivity contribution in [3.05, 3.63) is 0 Å². The lowest BCUT2D eigenvalue weighted by Crippen LogP contribution is -2.46. The van der Waals surface area contributed by atoms with E-state index in [9.17, 15) is 0 Å². The number of nitrogens with two attached hydrogens (primary N) is 1. The van der Waals surface area contributed by atoms with E-state index in [1.165, 1.54) is 51.4 Å². The predicted molar refractivity (Wildman–Crippen MR) is 86.1 cm³/mol. The second-order valence-electron chi connectivity index (χ2n) is 5.51. The molecule has 3 N–H and O–H groups in total. The van der Waals surface area contributed by atoms with Crippen LogP contribution >= 0.6 is 0 Å². The van der Waals surface area contributed by atoms with E-state index in [4.69, 9.17) is 5.73 Å². The smallest absolute Gasteiger partial charge is 0.0240 e. The maximum absolute atomic E-state index is 5.57. The van der Waals surface area contributed by atoms with Crippen LogP contribution in [-0.4, -0.2) is 30.7 Å². The van der Waals surface area contributed by atoms with Gasteiger partial charge in [-0.25, -0.2) is 5.01 Å². The van der Waals surface area contributed by atoms with Crippen molar-refractivity contribution < 1.29 is 0 Å². The molecular formula is C16H37N3. The first kappa shape index (κ1) is 18.9. The average molecular weight is 271 g/mol. The van der Waals surface area contributed by atoms with E-state index in [1.54, 1.807) is 0 Å². The summed E-state index contributed by atoms with van der Waals surface area (Å²) in [5, 5.41) is 2.47. The Kier molecular flexibility index (Phi) is 14.2. The Morgan fingerprint density at radius 1 is 0.947 bits per heavy atom. The minimum atomic E-state index is 0.694. The molecule has 0 saturated heterocycles. The largest absolute Gasteiger partial charge is 0.330 e. The standard InChI is InChI=1S/C16H37N3/c1-4-7-8-9-10-12-16(6-3)19(15-5-2)18-14-11-13-17/h16,18H,4-15,17H2,1-3H3. The number of rotatable bonds is 14. The molecule has 1 unspecified atom stereocenters. The lowest BCUT2D eigenvalue weighted by atomic mass is 10.0. The van der Waals surface area contributed by atoms with Crippen LogP contribution in [0.5, 0.6) is 0 Å². The molecule has 0 aromatic rings. The molecule has 0 aliphatic carbocycles. The fourth-order valence-electron chi connectivity index (χ4n) is 2.52. The van der Waals surface area contributed by atoms with Gasteiger partial charge in [0.1, 0.15) is 0 Å². The Bertz CT molecular complexity index is 173. The van der Waals surface area contributed by atoms with Crippen LogP contribution < -0.4 is 11.2 Å². The third-order valence-corrected chi connectivity index (χ3v) is 3.71. The highest BCUT2D eigenvalue weighted by Gasteiger charge is 2.14. The number of hydrogen-bond donors (Lipinski definition) is 2. The molecule has 0 radical (unpaired) electrons. The Hall–Kier alpha value is -0.120. The molecule has 3 heteroatoms. The molecule has 1 atom stereocenters. The van der Waals surface area contributed by atoms with Gasteiger partial charge in [-0.15, -0.1) is 0 Å². The summed E-state index contributed by atoms with van der Waals surface area (Å²) in [5.41, 5.74) is 9.14. The lowest BCUT2D eigenvalue weighted by Gasteiger charge is -2.31. The van der Waals surface area contributed by atoms with E-state index in [1.807, 2.05) is 0 Å². The van der Waals surface area contributed by atoms with Gasteiger partial charge in [-0.1, -0.05) is 52.9 Å². The van der Waals surface area contributed by atoms with Gasteiger partial charge in [0.2, 0.25) is 0 Å². The van der Waals surface area contributed by atoms with Crippen LogP contribution in [0.1, 0.15) is 78.6 Å².